The number of carbonyl (C=O) groups excluding carboxylic acids is 2. The molecule has 8 nitrogen and oxygen atoms in total. The molecule has 0 unspecified atom stereocenters. The van der Waals surface area contributed by atoms with Crippen molar-refractivity contribution in [2.45, 2.75) is 37.0 Å². The lowest BCUT2D eigenvalue weighted by Crippen LogP contribution is -2.63. The van der Waals surface area contributed by atoms with Gasteiger partial charge in [-0.2, -0.15) is 0 Å². The van der Waals surface area contributed by atoms with Crippen LogP contribution in [-0.4, -0.2) is 54.4 Å². The lowest BCUT2D eigenvalue weighted by Gasteiger charge is -2.46. The third kappa shape index (κ3) is 5.11. The van der Waals surface area contributed by atoms with Gasteiger partial charge in [-0.05, 0) is 24.3 Å². The Morgan fingerprint density at radius 2 is 1.29 bits per heavy atom. The number of carbonyl (C=O) groups is 2. The Hall–Kier alpha value is -3.56. The van der Waals surface area contributed by atoms with Gasteiger partial charge in [0.1, 0.15) is 18.3 Å². The molecule has 2 fully saturated rings. The van der Waals surface area contributed by atoms with Crippen molar-refractivity contribution in [2.75, 3.05) is 6.61 Å². The van der Waals surface area contributed by atoms with Gasteiger partial charge in [-0.3, -0.25) is 0 Å². The van der Waals surface area contributed by atoms with Gasteiger partial charge in [0.05, 0.1) is 17.7 Å². The van der Waals surface area contributed by atoms with Crippen LogP contribution >= 0.6 is 0 Å². The Bertz CT molecular complexity index is 1140. The summed E-state index contributed by atoms with van der Waals surface area (Å²) in [5, 5.41) is 11.2. The molecule has 0 radical (unpaired) electrons. The van der Waals surface area contributed by atoms with E-state index in [1.54, 1.807) is 60.7 Å². The summed E-state index contributed by atoms with van der Waals surface area (Å²) in [7, 11) is 0. The number of ether oxygens (including phenoxy) is 5. The Balaban J connectivity index is 1.38. The average molecular weight is 476 g/mol. The molecule has 0 saturated carbocycles. The molecule has 1 N–H and O–H groups in total. The fourth-order valence-corrected chi connectivity index (χ4v) is 4.08. The molecule has 0 bridgehead atoms. The largest absolute Gasteiger partial charge is 0.449 e. The van der Waals surface area contributed by atoms with E-state index in [-0.39, 0.29) is 12.2 Å². The Labute approximate surface area is 202 Å². The lowest BCUT2D eigenvalue weighted by atomic mass is 9.97. The van der Waals surface area contributed by atoms with E-state index < -0.39 is 48.9 Å². The molecule has 35 heavy (non-hydrogen) atoms. The van der Waals surface area contributed by atoms with Crippen LogP contribution in [-0.2, 0) is 23.7 Å². The smallest absolute Gasteiger partial charge is 0.340 e. The molecule has 0 spiro atoms. The normalized spacial score (nSPS) is 27.9. The third-order valence-corrected chi connectivity index (χ3v) is 5.87. The summed E-state index contributed by atoms with van der Waals surface area (Å²) in [6.07, 6.45) is -6.40. The zero-order valence-corrected chi connectivity index (χ0v) is 18.6. The van der Waals surface area contributed by atoms with Gasteiger partial charge in [0, 0.05) is 5.56 Å². The molecular formula is C27H24O8. The van der Waals surface area contributed by atoms with Crippen LogP contribution in [0.1, 0.15) is 32.6 Å². The minimum atomic E-state index is -1.37. The van der Waals surface area contributed by atoms with Crippen molar-refractivity contribution < 1.29 is 38.4 Å². The van der Waals surface area contributed by atoms with Crippen molar-refractivity contribution in [3.05, 3.63) is 108 Å². The maximum Gasteiger partial charge on any atom is 0.340 e. The summed E-state index contributed by atoms with van der Waals surface area (Å²) in [5.74, 6) is -1.37. The average Bonchev–Trinajstić information content (AvgIpc) is 2.92. The summed E-state index contributed by atoms with van der Waals surface area (Å²) in [4.78, 5) is 25.5. The van der Waals surface area contributed by atoms with Crippen molar-refractivity contribution in [2.24, 2.45) is 0 Å². The SMILES string of the molecule is O=C(O[C@H]1O[C@@H]2CO[C@@H](c3ccccc3)O[C@H]2[C@H](O)[C@H]1OC(=O)c1ccccc1)c1ccccc1. The minimum absolute atomic E-state index is 0.0834. The fraction of sp³-hybridized carbons (Fsp3) is 0.259. The second-order valence-electron chi connectivity index (χ2n) is 8.22. The molecule has 0 amide bonds. The number of hydrogen-bond donors (Lipinski definition) is 1. The van der Waals surface area contributed by atoms with E-state index in [9.17, 15) is 14.7 Å². The highest BCUT2D eigenvalue weighted by atomic mass is 16.8. The van der Waals surface area contributed by atoms with Gasteiger partial charge >= 0.3 is 11.9 Å². The van der Waals surface area contributed by atoms with Gasteiger partial charge in [0.15, 0.2) is 12.4 Å². The molecule has 0 aromatic heterocycles. The number of esters is 2. The van der Waals surface area contributed by atoms with E-state index in [0.717, 1.165) is 5.56 Å². The van der Waals surface area contributed by atoms with Crippen LogP contribution in [0.4, 0.5) is 0 Å². The first kappa shape index (κ1) is 23.2. The van der Waals surface area contributed by atoms with Crippen LogP contribution in [0.5, 0.6) is 0 Å². The first-order chi connectivity index (χ1) is 17.1. The van der Waals surface area contributed by atoms with E-state index in [1.807, 2.05) is 30.3 Å². The Morgan fingerprint density at radius 1 is 0.743 bits per heavy atom. The molecule has 3 aromatic rings. The van der Waals surface area contributed by atoms with Crippen molar-refractivity contribution in [1.82, 2.24) is 0 Å². The Kier molecular flexibility index (Phi) is 6.87. The maximum atomic E-state index is 12.8. The molecule has 2 heterocycles. The lowest BCUT2D eigenvalue weighted by molar-refractivity contribution is -0.352. The fourth-order valence-electron chi connectivity index (χ4n) is 4.08. The zero-order valence-electron chi connectivity index (χ0n) is 18.6. The summed E-state index contributed by atoms with van der Waals surface area (Å²) in [6, 6.07) is 25.9. The van der Waals surface area contributed by atoms with E-state index in [2.05, 4.69) is 0 Å². The minimum Gasteiger partial charge on any atom is -0.449 e. The van der Waals surface area contributed by atoms with Crippen LogP contribution in [0, 0.1) is 0 Å². The highest BCUT2D eigenvalue weighted by molar-refractivity contribution is 5.90. The molecule has 6 atom stereocenters. The number of aliphatic hydroxyl groups excluding tert-OH is 1. The molecule has 2 saturated heterocycles. The number of hydrogen-bond acceptors (Lipinski definition) is 8. The van der Waals surface area contributed by atoms with Crippen LogP contribution in [0.2, 0.25) is 0 Å². The highest BCUT2D eigenvalue weighted by Gasteiger charge is 2.52. The summed E-state index contributed by atoms with van der Waals surface area (Å²) >= 11 is 0. The zero-order chi connectivity index (χ0) is 24.2. The second kappa shape index (κ2) is 10.4. The highest BCUT2D eigenvalue weighted by Crippen LogP contribution is 2.35. The molecule has 180 valence electrons. The molecule has 3 aromatic carbocycles. The van der Waals surface area contributed by atoms with Crippen LogP contribution in [0.3, 0.4) is 0 Å². The summed E-state index contributed by atoms with van der Waals surface area (Å²) < 4.78 is 28.9. The second-order valence-corrected chi connectivity index (χ2v) is 8.22. The molecule has 2 aliphatic rings. The topological polar surface area (TPSA) is 101 Å². The number of aliphatic hydroxyl groups is 1. The summed E-state index contributed by atoms with van der Waals surface area (Å²) in [5.41, 5.74) is 1.35. The van der Waals surface area contributed by atoms with Gasteiger partial charge in [-0.1, -0.05) is 66.7 Å². The van der Waals surface area contributed by atoms with E-state index in [1.165, 1.54) is 0 Å². The Morgan fingerprint density at radius 3 is 1.89 bits per heavy atom. The first-order valence-electron chi connectivity index (χ1n) is 11.3. The van der Waals surface area contributed by atoms with Crippen LogP contribution in [0.15, 0.2) is 91.0 Å². The first-order valence-corrected chi connectivity index (χ1v) is 11.3. The van der Waals surface area contributed by atoms with E-state index in [4.69, 9.17) is 23.7 Å². The third-order valence-electron chi connectivity index (χ3n) is 5.87. The predicted octanol–water partition coefficient (Wildman–Crippen LogP) is 3.27. The molecule has 5 rings (SSSR count). The van der Waals surface area contributed by atoms with Gasteiger partial charge in [-0.15, -0.1) is 0 Å². The van der Waals surface area contributed by atoms with Gasteiger partial charge < -0.3 is 28.8 Å². The van der Waals surface area contributed by atoms with Crippen LogP contribution in [0.25, 0.3) is 0 Å². The maximum absolute atomic E-state index is 12.8. The molecule has 0 aliphatic carbocycles. The van der Waals surface area contributed by atoms with Crippen molar-refractivity contribution >= 4 is 11.9 Å². The summed E-state index contributed by atoms with van der Waals surface area (Å²) in [6.45, 7) is 0.0834. The predicted molar refractivity (Wildman–Crippen MR) is 122 cm³/mol. The van der Waals surface area contributed by atoms with Gasteiger partial charge in [-0.25, -0.2) is 9.59 Å². The van der Waals surface area contributed by atoms with Gasteiger partial charge in [0.25, 0.3) is 0 Å². The van der Waals surface area contributed by atoms with Crippen molar-refractivity contribution in [1.29, 1.82) is 0 Å². The quantitative estimate of drug-likeness (QED) is 0.560. The molecule has 8 heteroatoms. The van der Waals surface area contributed by atoms with E-state index >= 15 is 0 Å². The number of benzene rings is 3. The monoisotopic (exact) mass is 476 g/mol. The number of fused-ring (bicyclic) bond motifs is 1. The van der Waals surface area contributed by atoms with Gasteiger partial charge in [0.2, 0.25) is 6.29 Å². The molecule has 2 aliphatic heterocycles. The standard InChI is InChI=1S/C27H24O8/c28-21-22-20(16-31-26(34-22)19-14-8-3-9-15-19)32-27(35-25(30)18-12-6-2-7-13-18)23(21)33-24(29)17-10-4-1-5-11-17/h1-15,20-23,26-28H,16H2/t20-,21+,22-,23-,26-,27-/m1/s1. The number of rotatable bonds is 5. The van der Waals surface area contributed by atoms with Crippen molar-refractivity contribution in [3.63, 3.8) is 0 Å². The van der Waals surface area contributed by atoms with E-state index in [0.29, 0.717) is 5.56 Å². The van der Waals surface area contributed by atoms with Crippen molar-refractivity contribution in [3.8, 4) is 0 Å². The van der Waals surface area contributed by atoms with Crippen LogP contribution < -0.4 is 0 Å². The molecular weight excluding hydrogens is 452 g/mol.